The van der Waals surface area contributed by atoms with Crippen LogP contribution < -0.4 is 0 Å². The highest BCUT2D eigenvalue weighted by Gasteiger charge is 2.12. The summed E-state index contributed by atoms with van der Waals surface area (Å²) >= 11 is 3.32. The zero-order valence-corrected chi connectivity index (χ0v) is 10.3. The van der Waals surface area contributed by atoms with Gasteiger partial charge in [-0.3, -0.25) is 4.40 Å². The normalized spacial score (nSPS) is 12.1. The number of nitrogens with zero attached hydrogens (tertiary/aromatic N) is 3. The topological polar surface area (TPSA) is 64.3 Å². The van der Waals surface area contributed by atoms with Gasteiger partial charge in [-0.05, 0) is 28.1 Å². The van der Waals surface area contributed by atoms with Gasteiger partial charge in [0.1, 0.15) is 5.75 Å². The molecule has 2 rings (SSSR count). The summed E-state index contributed by atoms with van der Waals surface area (Å²) in [7, 11) is -3.09. The molecule has 0 amide bonds. The van der Waals surface area contributed by atoms with Gasteiger partial charge in [-0.2, -0.15) is 0 Å². The lowest BCUT2D eigenvalue weighted by Gasteiger charge is -1.98. The van der Waals surface area contributed by atoms with Crippen LogP contribution in [0.4, 0.5) is 0 Å². The van der Waals surface area contributed by atoms with E-state index < -0.39 is 9.84 Å². The van der Waals surface area contributed by atoms with Crippen molar-refractivity contribution in [1.29, 1.82) is 0 Å². The van der Waals surface area contributed by atoms with E-state index in [1.807, 2.05) is 6.07 Å². The molecule has 0 unspecified atom stereocenters. The molecule has 7 heteroatoms. The maximum atomic E-state index is 11.1. The van der Waals surface area contributed by atoms with Crippen molar-refractivity contribution in [2.24, 2.45) is 0 Å². The van der Waals surface area contributed by atoms with E-state index in [1.54, 1.807) is 16.7 Å². The largest absolute Gasteiger partial charge is 0.285 e. The van der Waals surface area contributed by atoms with Gasteiger partial charge in [-0.15, -0.1) is 10.2 Å². The van der Waals surface area contributed by atoms with Crippen LogP contribution in [0.2, 0.25) is 0 Å². The van der Waals surface area contributed by atoms with E-state index in [2.05, 4.69) is 26.1 Å². The van der Waals surface area contributed by atoms with Crippen molar-refractivity contribution in [3.05, 3.63) is 28.6 Å². The first kappa shape index (κ1) is 10.6. The van der Waals surface area contributed by atoms with Gasteiger partial charge in [0, 0.05) is 12.5 Å². The highest BCUT2D eigenvalue weighted by molar-refractivity contribution is 9.10. The molecule has 0 N–H and O–H groups in total. The fourth-order valence-corrected chi connectivity index (χ4v) is 2.35. The van der Waals surface area contributed by atoms with Crippen LogP contribution in [-0.4, -0.2) is 29.3 Å². The molecule has 0 bridgehead atoms. The quantitative estimate of drug-likeness (QED) is 0.829. The number of pyridine rings is 1. The molecule has 80 valence electrons. The van der Waals surface area contributed by atoms with Crippen LogP contribution in [0.15, 0.2) is 22.8 Å². The molecule has 0 saturated heterocycles. The van der Waals surface area contributed by atoms with E-state index in [4.69, 9.17) is 0 Å². The molecule has 0 aromatic carbocycles. The summed E-state index contributed by atoms with van der Waals surface area (Å²) in [5, 5.41) is 7.75. The SMILES string of the molecule is CS(=O)(=O)Cc1nnc2c(Br)cccn12. The van der Waals surface area contributed by atoms with E-state index in [-0.39, 0.29) is 5.75 Å². The maximum Gasteiger partial charge on any atom is 0.175 e. The van der Waals surface area contributed by atoms with Crippen molar-refractivity contribution in [2.45, 2.75) is 5.75 Å². The molecule has 2 heterocycles. The van der Waals surface area contributed by atoms with Crippen molar-refractivity contribution < 1.29 is 8.42 Å². The predicted molar refractivity (Wildman–Crippen MR) is 59.2 cm³/mol. The van der Waals surface area contributed by atoms with Gasteiger partial charge in [0.25, 0.3) is 0 Å². The van der Waals surface area contributed by atoms with Gasteiger partial charge in [0.15, 0.2) is 21.3 Å². The summed E-state index contributed by atoms with van der Waals surface area (Å²) < 4.78 is 24.7. The van der Waals surface area contributed by atoms with Crippen LogP contribution in [0.3, 0.4) is 0 Å². The van der Waals surface area contributed by atoms with Crippen LogP contribution in [0.1, 0.15) is 5.82 Å². The third kappa shape index (κ3) is 2.18. The minimum absolute atomic E-state index is 0.107. The molecule has 2 aromatic heterocycles. The lowest BCUT2D eigenvalue weighted by molar-refractivity contribution is 0.599. The number of hydrogen-bond acceptors (Lipinski definition) is 4. The second-order valence-corrected chi connectivity index (χ2v) is 6.23. The minimum Gasteiger partial charge on any atom is -0.285 e. The molecule has 0 saturated carbocycles. The molecular formula is C8H8BrN3O2S. The lowest BCUT2D eigenvalue weighted by Crippen LogP contribution is -2.04. The zero-order chi connectivity index (χ0) is 11.1. The first-order valence-electron chi connectivity index (χ1n) is 4.13. The molecule has 0 aliphatic rings. The summed E-state index contributed by atoms with van der Waals surface area (Å²) in [5.41, 5.74) is 0.621. The molecule has 5 nitrogen and oxygen atoms in total. The number of halogens is 1. The molecule has 0 radical (unpaired) electrons. The first-order valence-corrected chi connectivity index (χ1v) is 6.98. The van der Waals surface area contributed by atoms with Crippen LogP contribution in [0.25, 0.3) is 5.65 Å². The van der Waals surface area contributed by atoms with Gasteiger partial charge in [-0.25, -0.2) is 8.42 Å². The van der Waals surface area contributed by atoms with Crippen molar-refractivity contribution in [1.82, 2.24) is 14.6 Å². The lowest BCUT2D eigenvalue weighted by atomic mass is 10.5. The van der Waals surface area contributed by atoms with Crippen molar-refractivity contribution in [2.75, 3.05) is 6.26 Å². The van der Waals surface area contributed by atoms with Gasteiger partial charge in [-0.1, -0.05) is 0 Å². The highest BCUT2D eigenvalue weighted by atomic mass is 79.9. The van der Waals surface area contributed by atoms with Crippen LogP contribution in [0, 0.1) is 0 Å². The Morgan fingerprint density at radius 1 is 1.47 bits per heavy atom. The van der Waals surface area contributed by atoms with Crippen LogP contribution in [0.5, 0.6) is 0 Å². The summed E-state index contributed by atoms with van der Waals surface area (Å²) in [6, 6.07) is 3.63. The molecule has 0 spiro atoms. The molecule has 0 aliphatic heterocycles. The highest BCUT2D eigenvalue weighted by Crippen LogP contribution is 2.16. The van der Waals surface area contributed by atoms with Crippen LogP contribution in [-0.2, 0) is 15.6 Å². The average Bonchev–Trinajstić information content (AvgIpc) is 2.48. The summed E-state index contributed by atoms with van der Waals surface area (Å²) in [6.45, 7) is 0. The Bertz CT molecular complexity index is 605. The summed E-state index contributed by atoms with van der Waals surface area (Å²) in [5.74, 6) is 0.318. The number of fused-ring (bicyclic) bond motifs is 1. The second kappa shape index (κ2) is 3.57. The van der Waals surface area contributed by atoms with E-state index in [1.165, 1.54) is 6.26 Å². The Morgan fingerprint density at radius 3 is 2.87 bits per heavy atom. The smallest absolute Gasteiger partial charge is 0.175 e. The van der Waals surface area contributed by atoms with Crippen molar-refractivity contribution in [3.63, 3.8) is 0 Å². The Kier molecular flexibility index (Phi) is 2.51. The number of aromatic nitrogens is 3. The van der Waals surface area contributed by atoms with Gasteiger partial charge in [0.2, 0.25) is 0 Å². The molecule has 2 aromatic rings. The average molecular weight is 290 g/mol. The van der Waals surface area contributed by atoms with E-state index >= 15 is 0 Å². The Morgan fingerprint density at radius 2 is 2.20 bits per heavy atom. The molecule has 15 heavy (non-hydrogen) atoms. The van der Waals surface area contributed by atoms with Gasteiger partial charge < -0.3 is 0 Å². The van der Waals surface area contributed by atoms with Gasteiger partial charge >= 0.3 is 0 Å². The fraction of sp³-hybridized carbons (Fsp3) is 0.250. The molecule has 0 fully saturated rings. The molecule has 0 atom stereocenters. The molecular weight excluding hydrogens is 282 g/mol. The summed E-state index contributed by atoms with van der Waals surface area (Å²) in [4.78, 5) is 0. The maximum absolute atomic E-state index is 11.1. The first-order chi connectivity index (χ1) is 6.97. The molecule has 0 aliphatic carbocycles. The number of rotatable bonds is 2. The minimum atomic E-state index is -3.09. The Balaban J connectivity index is 2.60. The van der Waals surface area contributed by atoms with Gasteiger partial charge in [0.05, 0.1) is 4.47 Å². The monoisotopic (exact) mass is 289 g/mol. The standard InChI is InChI=1S/C8H8BrN3O2S/c1-15(13,14)5-7-10-11-8-6(9)3-2-4-12(7)8/h2-4H,5H2,1H3. The fourth-order valence-electron chi connectivity index (χ4n) is 1.26. The number of sulfone groups is 1. The third-order valence-electron chi connectivity index (χ3n) is 1.85. The van der Waals surface area contributed by atoms with Crippen LogP contribution >= 0.6 is 15.9 Å². The van der Waals surface area contributed by atoms with E-state index in [0.29, 0.717) is 11.5 Å². The Hall–Kier alpha value is -0.950. The second-order valence-electron chi connectivity index (χ2n) is 3.24. The van der Waals surface area contributed by atoms with E-state index in [0.717, 1.165) is 4.47 Å². The predicted octanol–water partition coefficient (Wildman–Crippen LogP) is 1.04. The third-order valence-corrected chi connectivity index (χ3v) is 3.25. The van der Waals surface area contributed by atoms with Crippen molar-refractivity contribution in [3.8, 4) is 0 Å². The Labute approximate surface area is 95.2 Å². The summed E-state index contributed by atoms with van der Waals surface area (Å²) in [6.07, 6.45) is 2.91. The zero-order valence-electron chi connectivity index (χ0n) is 7.88. The number of hydrogen-bond donors (Lipinski definition) is 0. The van der Waals surface area contributed by atoms with E-state index in [9.17, 15) is 8.42 Å². The van der Waals surface area contributed by atoms with Crippen molar-refractivity contribution >= 4 is 31.4 Å².